The van der Waals surface area contributed by atoms with Crippen LogP contribution in [0.3, 0.4) is 0 Å². The summed E-state index contributed by atoms with van der Waals surface area (Å²) in [7, 11) is 0. The van der Waals surface area contributed by atoms with Crippen molar-refractivity contribution in [2.24, 2.45) is 0 Å². The molecule has 0 radical (unpaired) electrons. The zero-order valence-electron chi connectivity index (χ0n) is 15.0. The van der Waals surface area contributed by atoms with Crippen LogP contribution in [0.5, 0.6) is 0 Å². The Hall–Kier alpha value is -2.06. The third-order valence-electron chi connectivity index (χ3n) is 4.99. The van der Waals surface area contributed by atoms with E-state index in [2.05, 4.69) is 47.9 Å². The lowest BCUT2D eigenvalue weighted by Gasteiger charge is -2.41. The maximum absolute atomic E-state index is 9.35. The highest BCUT2D eigenvalue weighted by Crippen LogP contribution is 2.27. The molecule has 1 saturated heterocycles. The van der Waals surface area contributed by atoms with Gasteiger partial charge in [-0.15, -0.1) is 0 Å². The van der Waals surface area contributed by atoms with Crippen LogP contribution in [0.1, 0.15) is 36.9 Å². The van der Waals surface area contributed by atoms with Crippen LogP contribution >= 0.6 is 11.6 Å². The molecule has 26 heavy (non-hydrogen) atoms. The molecule has 136 valence electrons. The molecule has 5 heteroatoms. The van der Waals surface area contributed by atoms with Gasteiger partial charge in [0.25, 0.3) is 0 Å². The van der Waals surface area contributed by atoms with Crippen molar-refractivity contribution in [1.82, 2.24) is 5.32 Å². The Morgan fingerprint density at radius 1 is 1.19 bits per heavy atom. The lowest BCUT2D eigenvalue weighted by Crippen LogP contribution is -2.54. The summed E-state index contributed by atoms with van der Waals surface area (Å²) < 4.78 is 5.59. The zero-order chi connectivity index (χ0) is 18.4. The van der Waals surface area contributed by atoms with Crippen molar-refractivity contribution >= 4 is 17.3 Å². The summed E-state index contributed by atoms with van der Waals surface area (Å²) in [5.74, 6) is 0. The second kappa shape index (κ2) is 8.55. The van der Waals surface area contributed by atoms with Gasteiger partial charge in [-0.2, -0.15) is 5.26 Å². The van der Waals surface area contributed by atoms with E-state index < -0.39 is 0 Å². The minimum atomic E-state index is -0.0835. The molecule has 4 nitrogen and oxygen atoms in total. The van der Waals surface area contributed by atoms with Crippen LogP contribution < -0.4 is 10.6 Å². The van der Waals surface area contributed by atoms with E-state index in [1.165, 1.54) is 5.56 Å². The highest BCUT2D eigenvalue weighted by molar-refractivity contribution is 6.30. The van der Waals surface area contributed by atoms with Gasteiger partial charge in [-0.05, 0) is 43.5 Å². The predicted molar refractivity (Wildman–Crippen MR) is 105 cm³/mol. The number of hydrogen-bond donors (Lipinski definition) is 2. The Morgan fingerprint density at radius 2 is 1.92 bits per heavy atom. The van der Waals surface area contributed by atoms with Gasteiger partial charge in [0.05, 0.1) is 11.3 Å². The number of halogens is 1. The third kappa shape index (κ3) is 4.56. The molecule has 0 aromatic heterocycles. The molecular weight excluding hydrogens is 346 g/mol. The summed E-state index contributed by atoms with van der Waals surface area (Å²) in [5, 5.41) is 17.2. The quantitative estimate of drug-likeness (QED) is 0.785. The molecule has 0 amide bonds. The molecule has 1 unspecified atom stereocenters. The molecule has 1 atom stereocenters. The van der Waals surface area contributed by atoms with E-state index in [9.17, 15) is 5.26 Å². The van der Waals surface area contributed by atoms with Gasteiger partial charge >= 0.3 is 0 Å². The zero-order valence-corrected chi connectivity index (χ0v) is 15.7. The summed E-state index contributed by atoms with van der Waals surface area (Å²) in [5.41, 5.74) is 2.56. The second-order valence-corrected chi connectivity index (χ2v) is 7.26. The fourth-order valence-electron chi connectivity index (χ4n) is 3.45. The van der Waals surface area contributed by atoms with E-state index in [-0.39, 0.29) is 11.6 Å². The second-order valence-electron chi connectivity index (χ2n) is 6.82. The van der Waals surface area contributed by atoms with E-state index in [0.29, 0.717) is 10.6 Å². The lowest BCUT2D eigenvalue weighted by atomic mass is 9.88. The van der Waals surface area contributed by atoms with Crippen LogP contribution in [0, 0.1) is 11.3 Å². The lowest BCUT2D eigenvalue weighted by molar-refractivity contribution is 0.0389. The molecule has 0 saturated carbocycles. The van der Waals surface area contributed by atoms with Crippen molar-refractivity contribution in [2.75, 3.05) is 25.1 Å². The van der Waals surface area contributed by atoms with Gasteiger partial charge in [-0.25, -0.2) is 0 Å². The van der Waals surface area contributed by atoms with Gasteiger partial charge in [0.2, 0.25) is 0 Å². The van der Waals surface area contributed by atoms with Crippen LogP contribution in [0.4, 0.5) is 5.69 Å². The fourth-order valence-corrected chi connectivity index (χ4v) is 3.62. The highest BCUT2D eigenvalue weighted by Gasteiger charge is 2.34. The molecular formula is C21H24ClN3O. The highest BCUT2D eigenvalue weighted by atomic mass is 35.5. The number of nitriles is 1. The normalized spacial score (nSPS) is 17.3. The maximum atomic E-state index is 9.35. The minimum Gasteiger partial charge on any atom is -0.382 e. The first-order valence-electron chi connectivity index (χ1n) is 8.96. The number of nitrogens with one attached hydrogen (secondary N) is 2. The molecule has 0 bridgehead atoms. The molecule has 0 spiro atoms. The van der Waals surface area contributed by atoms with Gasteiger partial charge in [0.1, 0.15) is 6.07 Å². The Bertz CT molecular complexity index is 767. The molecule has 1 aliphatic rings. The number of nitrogens with zero attached hydrogens (tertiary/aromatic N) is 1. The van der Waals surface area contributed by atoms with E-state index >= 15 is 0 Å². The van der Waals surface area contributed by atoms with E-state index in [1.807, 2.05) is 12.1 Å². The number of hydrogen-bond acceptors (Lipinski definition) is 4. The van der Waals surface area contributed by atoms with Gasteiger partial charge in [0, 0.05) is 36.4 Å². The molecule has 2 N–H and O–H groups in total. The Balaban J connectivity index is 1.75. The standard InChI is InChI=1S/C21H24ClN3O/c1-16(17-5-3-2-4-6-17)25-21(9-11-26-12-10-21)15-24-20-8-7-19(22)13-18(20)14-23/h2-8,13,16,24-25H,9-12,15H2,1H3. The van der Waals surface area contributed by atoms with Crippen LogP contribution in [0.15, 0.2) is 48.5 Å². The molecule has 2 aromatic carbocycles. The van der Waals surface area contributed by atoms with Crippen LogP contribution in [0.2, 0.25) is 5.02 Å². The number of rotatable bonds is 6. The van der Waals surface area contributed by atoms with Crippen LogP contribution in [0.25, 0.3) is 0 Å². The predicted octanol–water partition coefficient (Wildman–Crippen LogP) is 4.52. The molecule has 0 aliphatic carbocycles. The van der Waals surface area contributed by atoms with Gasteiger partial charge in [0.15, 0.2) is 0 Å². The minimum absolute atomic E-state index is 0.0835. The monoisotopic (exact) mass is 369 g/mol. The van der Waals surface area contributed by atoms with Crippen molar-refractivity contribution < 1.29 is 4.74 Å². The first-order chi connectivity index (χ1) is 12.6. The van der Waals surface area contributed by atoms with Gasteiger partial charge in [-0.3, -0.25) is 0 Å². The average molecular weight is 370 g/mol. The maximum Gasteiger partial charge on any atom is 0.101 e. The summed E-state index contributed by atoms with van der Waals surface area (Å²) in [6.07, 6.45) is 1.85. The first kappa shape index (κ1) is 18.7. The van der Waals surface area contributed by atoms with Crippen molar-refractivity contribution in [1.29, 1.82) is 5.26 Å². The summed E-state index contributed by atoms with van der Waals surface area (Å²) in [6.45, 7) is 4.39. The van der Waals surface area contributed by atoms with Gasteiger partial charge in [-0.1, -0.05) is 41.9 Å². The molecule has 1 fully saturated rings. The Kier molecular flexibility index (Phi) is 6.16. The first-order valence-corrected chi connectivity index (χ1v) is 9.34. The van der Waals surface area contributed by atoms with Crippen molar-refractivity contribution in [2.45, 2.75) is 31.3 Å². The van der Waals surface area contributed by atoms with E-state index in [0.717, 1.165) is 38.3 Å². The van der Waals surface area contributed by atoms with Gasteiger partial charge < -0.3 is 15.4 Å². The number of anilines is 1. The molecule has 1 heterocycles. The largest absolute Gasteiger partial charge is 0.382 e. The SMILES string of the molecule is CC(NC1(CNc2ccc(Cl)cc2C#N)CCOCC1)c1ccccc1. The van der Waals surface area contributed by atoms with Crippen molar-refractivity contribution in [3.8, 4) is 6.07 Å². The van der Waals surface area contributed by atoms with Crippen molar-refractivity contribution in [3.05, 3.63) is 64.7 Å². The number of ether oxygens (including phenoxy) is 1. The molecule has 2 aromatic rings. The summed E-state index contributed by atoms with van der Waals surface area (Å²) >= 11 is 6.00. The Labute approximate surface area is 160 Å². The average Bonchev–Trinajstić information content (AvgIpc) is 2.68. The smallest absolute Gasteiger partial charge is 0.101 e. The Morgan fingerprint density at radius 3 is 2.62 bits per heavy atom. The van der Waals surface area contributed by atoms with Crippen LogP contribution in [-0.4, -0.2) is 25.3 Å². The topological polar surface area (TPSA) is 57.1 Å². The summed E-state index contributed by atoms with van der Waals surface area (Å²) in [6, 6.07) is 18.3. The van der Waals surface area contributed by atoms with E-state index in [4.69, 9.17) is 16.3 Å². The van der Waals surface area contributed by atoms with Crippen LogP contribution in [-0.2, 0) is 4.74 Å². The third-order valence-corrected chi connectivity index (χ3v) is 5.23. The van der Waals surface area contributed by atoms with E-state index in [1.54, 1.807) is 12.1 Å². The molecule has 3 rings (SSSR count). The fraction of sp³-hybridized carbons (Fsp3) is 0.381. The van der Waals surface area contributed by atoms with Crippen molar-refractivity contribution in [3.63, 3.8) is 0 Å². The number of benzene rings is 2. The summed E-state index contributed by atoms with van der Waals surface area (Å²) in [4.78, 5) is 0. The molecule has 1 aliphatic heterocycles.